The normalized spacial score (nSPS) is 14.8. The first-order valence-corrected chi connectivity index (χ1v) is 10.1. The maximum Gasteiger partial charge on any atom is 0.410 e. The van der Waals surface area contributed by atoms with Crippen LogP contribution in [0.1, 0.15) is 31.1 Å². The van der Waals surface area contributed by atoms with Gasteiger partial charge in [0.05, 0.1) is 15.9 Å². The number of piperazine rings is 1. The van der Waals surface area contributed by atoms with Crippen LogP contribution in [0.15, 0.2) is 12.1 Å². The van der Waals surface area contributed by atoms with Gasteiger partial charge in [-0.1, -0.05) is 11.6 Å². The van der Waals surface area contributed by atoms with Gasteiger partial charge in [0, 0.05) is 47.9 Å². The minimum Gasteiger partial charge on any atom is -0.444 e. The Kier molecular flexibility index (Phi) is 6.13. The number of nitrogens with zero attached hydrogens (tertiary/aromatic N) is 4. The molecule has 1 aliphatic rings. The molecule has 8 nitrogen and oxygen atoms in total. The number of fused-ring (bicyclic) bond motifs is 1. The van der Waals surface area contributed by atoms with Crippen molar-refractivity contribution in [1.82, 2.24) is 19.2 Å². The number of hydrogen-bond acceptors (Lipinski definition) is 6. The van der Waals surface area contributed by atoms with E-state index in [9.17, 15) is 14.0 Å². The van der Waals surface area contributed by atoms with Gasteiger partial charge in [0.2, 0.25) is 11.9 Å². The minimum atomic E-state index is -0.768. The van der Waals surface area contributed by atoms with Crippen LogP contribution in [-0.4, -0.2) is 58.6 Å². The van der Waals surface area contributed by atoms with Gasteiger partial charge >= 0.3 is 6.09 Å². The molecule has 1 aromatic carbocycles. The molecule has 0 unspecified atom stereocenters. The zero-order valence-electron chi connectivity index (χ0n) is 16.1. The number of amides is 2. The van der Waals surface area contributed by atoms with Crippen molar-refractivity contribution in [1.29, 1.82) is 0 Å². The lowest BCUT2D eigenvalue weighted by molar-refractivity contribution is 0.0240. The Morgan fingerprint density at radius 2 is 1.86 bits per heavy atom. The first kappa shape index (κ1) is 21.5. The molecule has 0 aliphatic carbocycles. The van der Waals surface area contributed by atoms with E-state index in [4.69, 9.17) is 16.3 Å². The second-order valence-electron chi connectivity index (χ2n) is 7.54. The highest BCUT2D eigenvalue weighted by molar-refractivity contribution is 9.08. The Labute approximate surface area is 180 Å². The number of hydrogen-bond donors (Lipinski definition) is 1. The van der Waals surface area contributed by atoms with Gasteiger partial charge in [0.25, 0.3) is 5.91 Å². The molecule has 1 saturated heterocycles. The van der Waals surface area contributed by atoms with Crippen LogP contribution in [0.4, 0.5) is 15.1 Å². The zero-order chi connectivity index (χ0) is 21.3. The summed E-state index contributed by atoms with van der Waals surface area (Å²) < 4.78 is 22.3. The fraction of sp³-hybridized carbons (Fsp3) is 0.444. The van der Waals surface area contributed by atoms with E-state index >= 15 is 0 Å². The summed E-state index contributed by atoms with van der Waals surface area (Å²) in [6, 6.07) is 2.80. The third kappa shape index (κ3) is 4.87. The molecule has 156 valence electrons. The molecule has 0 bridgehead atoms. The molecule has 11 heteroatoms. The van der Waals surface area contributed by atoms with E-state index in [1.807, 2.05) is 20.8 Å². The fourth-order valence-electron chi connectivity index (χ4n) is 2.90. The first-order valence-electron chi connectivity index (χ1n) is 8.89. The van der Waals surface area contributed by atoms with Gasteiger partial charge in [-0.3, -0.25) is 9.14 Å². The van der Waals surface area contributed by atoms with Gasteiger partial charge in [-0.25, -0.2) is 9.78 Å². The Balaban J connectivity index is 1.82. The highest BCUT2D eigenvalue weighted by Crippen LogP contribution is 2.28. The number of nitrogens with one attached hydrogen (secondary N) is 1. The number of benzene rings is 1. The molecule has 1 aromatic heterocycles. The Bertz CT molecular complexity index is 961. The quantitative estimate of drug-likeness (QED) is 0.514. The number of carbonyl (C=O) groups is 2. The molecular weight excluding hydrogens is 469 g/mol. The highest BCUT2D eigenvalue weighted by Gasteiger charge is 2.27. The third-order valence-electron chi connectivity index (χ3n) is 4.26. The van der Waals surface area contributed by atoms with Crippen molar-refractivity contribution < 1.29 is 18.7 Å². The number of ether oxygens (including phenoxy) is 1. The van der Waals surface area contributed by atoms with Crippen LogP contribution in [0, 0.1) is 5.95 Å². The highest BCUT2D eigenvalue weighted by atomic mass is 79.9. The molecule has 0 saturated carbocycles. The van der Waals surface area contributed by atoms with E-state index in [1.165, 1.54) is 12.1 Å². The molecule has 0 spiro atoms. The van der Waals surface area contributed by atoms with E-state index in [1.54, 1.807) is 9.80 Å². The van der Waals surface area contributed by atoms with Crippen molar-refractivity contribution >= 4 is 56.6 Å². The van der Waals surface area contributed by atoms with Gasteiger partial charge in [-0.15, -0.1) is 0 Å². The van der Waals surface area contributed by atoms with Crippen molar-refractivity contribution in [3.8, 4) is 0 Å². The number of anilines is 1. The van der Waals surface area contributed by atoms with Gasteiger partial charge in [0.15, 0.2) is 0 Å². The Morgan fingerprint density at radius 1 is 1.21 bits per heavy atom. The molecule has 0 radical (unpaired) electrons. The number of aromatic nitrogens is 2. The molecule has 1 fully saturated rings. The molecule has 2 amide bonds. The number of rotatable bonds is 2. The van der Waals surface area contributed by atoms with Gasteiger partial charge in [-0.2, -0.15) is 9.37 Å². The summed E-state index contributed by atoms with van der Waals surface area (Å²) in [7, 11) is 0. The predicted molar refractivity (Wildman–Crippen MR) is 111 cm³/mol. The summed E-state index contributed by atoms with van der Waals surface area (Å²) in [6.07, 6.45) is -0.389. The van der Waals surface area contributed by atoms with Crippen molar-refractivity contribution in [2.45, 2.75) is 26.4 Å². The van der Waals surface area contributed by atoms with Crippen molar-refractivity contribution in [2.75, 3.05) is 31.1 Å². The molecule has 3 rings (SSSR count). The Morgan fingerprint density at radius 3 is 2.45 bits per heavy atom. The van der Waals surface area contributed by atoms with E-state index in [2.05, 4.69) is 30.5 Å². The first-order chi connectivity index (χ1) is 13.6. The van der Waals surface area contributed by atoms with Gasteiger partial charge < -0.3 is 14.5 Å². The summed E-state index contributed by atoms with van der Waals surface area (Å²) in [5.74, 6) is -1.03. The number of halogens is 3. The monoisotopic (exact) mass is 487 g/mol. The standard InChI is InChI=1S/C18H20BrClFN5O3/c1-18(2,3)29-17(28)26-6-4-25(5-7-26)16-22-12-9-10(15(27)24-19)8-11(20)13(12)14(21)23-16/h8-9H,4-7H2,1-3H3,(H,24,27). The summed E-state index contributed by atoms with van der Waals surface area (Å²) in [6.45, 7) is 7.04. The van der Waals surface area contributed by atoms with Crippen molar-refractivity contribution in [3.05, 3.63) is 28.7 Å². The van der Waals surface area contributed by atoms with Crippen LogP contribution in [-0.2, 0) is 4.74 Å². The number of carbonyl (C=O) groups excluding carboxylic acids is 2. The van der Waals surface area contributed by atoms with Crippen LogP contribution in [0.3, 0.4) is 0 Å². The SMILES string of the molecule is CC(C)(C)OC(=O)N1CCN(c2nc(F)c3c(Cl)cc(C(=O)NBr)cc3n2)CC1. The maximum absolute atomic E-state index is 14.6. The average Bonchev–Trinajstić information content (AvgIpc) is 2.65. The van der Waals surface area contributed by atoms with E-state index in [-0.39, 0.29) is 33.5 Å². The summed E-state index contributed by atoms with van der Waals surface area (Å²) in [5, 5.41) is 0.0984. The predicted octanol–water partition coefficient (Wildman–Crippen LogP) is 3.52. The van der Waals surface area contributed by atoms with E-state index < -0.39 is 17.5 Å². The molecule has 1 aliphatic heterocycles. The maximum atomic E-state index is 14.6. The van der Waals surface area contributed by atoms with Crippen LogP contribution in [0.25, 0.3) is 10.9 Å². The molecule has 0 atom stereocenters. The second-order valence-corrected chi connectivity index (χ2v) is 8.35. The zero-order valence-corrected chi connectivity index (χ0v) is 18.5. The fourth-order valence-corrected chi connectivity index (χ4v) is 3.42. The lowest BCUT2D eigenvalue weighted by Crippen LogP contribution is -2.50. The molecule has 2 heterocycles. The van der Waals surface area contributed by atoms with Gasteiger partial charge in [0.1, 0.15) is 5.60 Å². The van der Waals surface area contributed by atoms with Crippen LogP contribution < -0.4 is 9.24 Å². The van der Waals surface area contributed by atoms with Crippen LogP contribution >= 0.6 is 27.7 Å². The molecular formula is C18H20BrClFN5O3. The van der Waals surface area contributed by atoms with Crippen molar-refractivity contribution in [2.24, 2.45) is 0 Å². The van der Waals surface area contributed by atoms with E-state index in [0.717, 1.165) is 0 Å². The summed E-state index contributed by atoms with van der Waals surface area (Å²) in [5.41, 5.74) is -0.115. The lowest BCUT2D eigenvalue weighted by Gasteiger charge is -2.35. The van der Waals surface area contributed by atoms with E-state index in [0.29, 0.717) is 26.2 Å². The smallest absolute Gasteiger partial charge is 0.410 e. The third-order valence-corrected chi connectivity index (χ3v) is 4.91. The largest absolute Gasteiger partial charge is 0.444 e. The lowest BCUT2D eigenvalue weighted by atomic mass is 10.1. The Hall–Kier alpha value is -2.20. The van der Waals surface area contributed by atoms with Crippen LogP contribution in [0.5, 0.6) is 0 Å². The van der Waals surface area contributed by atoms with Crippen LogP contribution in [0.2, 0.25) is 5.02 Å². The summed E-state index contributed by atoms with van der Waals surface area (Å²) >= 11 is 8.99. The molecule has 1 N–H and O–H groups in total. The minimum absolute atomic E-state index is 0.0485. The van der Waals surface area contributed by atoms with Gasteiger partial charge in [-0.05, 0) is 32.9 Å². The molecule has 29 heavy (non-hydrogen) atoms. The topological polar surface area (TPSA) is 87.7 Å². The summed E-state index contributed by atoms with van der Waals surface area (Å²) in [4.78, 5) is 35.7. The second kappa shape index (κ2) is 8.27. The van der Waals surface area contributed by atoms with Crippen molar-refractivity contribution in [3.63, 3.8) is 0 Å². The molecule has 2 aromatic rings. The average molecular weight is 489 g/mol.